The number of fused-ring (bicyclic) bond motifs is 1. The lowest BCUT2D eigenvalue weighted by Crippen LogP contribution is -2.52. The van der Waals surface area contributed by atoms with Gasteiger partial charge in [-0.1, -0.05) is 0 Å². The highest BCUT2D eigenvalue weighted by molar-refractivity contribution is 5.82. The number of pyridine rings is 1. The van der Waals surface area contributed by atoms with Crippen LogP contribution in [0.25, 0.3) is 16.6 Å². The maximum absolute atomic E-state index is 12.5. The molecule has 4 heterocycles. The topological polar surface area (TPSA) is 117 Å². The van der Waals surface area contributed by atoms with E-state index < -0.39 is 18.3 Å². The molecule has 1 saturated carbocycles. The molecule has 12 heteroatoms. The van der Waals surface area contributed by atoms with Gasteiger partial charge in [-0.25, -0.2) is 14.5 Å². The van der Waals surface area contributed by atoms with Crippen molar-refractivity contribution < 1.29 is 28.5 Å². The molecule has 3 aromatic heterocycles. The Morgan fingerprint density at radius 2 is 1.98 bits per heavy atom. The minimum atomic E-state index is -2.84. The van der Waals surface area contributed by atoms with Crippen molar-refractivity contribution in [3.8, 4) is 11.1 Å². The van der Waals surface area contributed by atoms with Crippen molar-refractivity contribution in [2.45, 2.75) is 82.8 Å². The predicted octanol–water partition coefficient (Wildman–Crippen LogP) is 3.83. The molecular formula is C28H38F2N6O4. The molecule has 3 aromatic rings. The minimum absolute atomic E-state index is 0.182. The summed E-state index contributed by atoms with van der Waals surface area (Å²) in [5.41, 5.74) is 2.78. The van der Waals surface area contributed by atoms with Crippen LogP contribution in [0, 0.1) is 0 Å². The SMILES string of the molecule is C[C@@H](COC(F)F)Nc1ncc2c(-c3ccnc(N4CCO[C@H](C(C)(C)O)C4)c3)cc(C3CCC(O)CC3)n2n1. The van der Waals surface area contributed by atoms with E-state index in [0.717, 1.165) is 53.8 Å². The number of nitrogens with one attached hydrogen (secondary N) is 1. The van der Waals surface area contributed by atoms with E-state index in [1.54, 1.807) is 33.2 Å². The molecule has 0 unspecified atom stereocenters. The second-order valence-corrected chi connectivity index (χ2v) is 11.4. The third-order valence-electron chi connectivity index (χ3n) is 7.74. The van der Waals surface area contributed by atoms with Crippen molar-refractivity contribution >= 4 is 17.3 Å². The smallest absolute Gasteiger partial charge is 0.345 e. The normalized spacial score (nSPS) is 23.1. The second-order valence-electron chi connectivity index (χ2n) is 11.4. The van der Waals surface area contributed by atoms with Crippen molar-refractivity contribution in [1.82, 2.24) is 19.6 Å². The maximum Gasteiger partial charge on any atom is 0.345 e. The summed E-state index contributed by atoms with van der Waals surface area (Å²) in [6.07, 6.45) is 6.04. The number of aliphatic hydroxyl groups is 2. The van der Waals surface area contributed by atoms with E-state index in [1.165, 1.54) is 0 Å². The first-order valence-electron chi connectivity index (χ1n) is 13.9. The van der Waals surface area contributed by atoms with Gasteiger partial charge in [0, 0.05) is 42.5 Å². The zero-order valence-corrected chi connectivity index (χ0v) is 23.1. The number of ether oxygens (including phenoxy) is 2. The van der Waals surface area contributed by atoms with Crippen LogP contribution >= 0.6 is 0 Å². The number of morpholine rings is 1. The molecule has 40 heavy (non-hydrogen) atoms. The molecule has 2 aliphatic rings. The van der Waals surface area contributed by atoms with Gasteiger partial charge >= 0.3 is 6.61 Å². The zero-order chi connectivity index (χ0) is 28.4. The average Bonchev–Trinajstić information content (AvgIpc) is 3.31. The lowest BCUT2D eigenvalue weighted by Gasteiger charge is -2.39. The fourth-order valence-corrected chi connectivity index (χ4v) is 5.50. The highest BCUT2D eigenvalue weighted by Gasteiger charge is 2.33. The van der Waals surface area contributed by atoms with Crippen molar-refractivity contribution in [3.63, 3.8) is 0 Å². The van der Waals surface area contributed by atoms with Gasteiger partial charge in [-0.3, -0.25) is 0 Å². The molecule has 0 radical (unpaired) electrons. The molecule has 0 amide bonds. The molecule has 0 spiro atoms. The van der Waals surface area contributed by atoms with Gasteiger partial charge in [-0.05, 0) is 70.2 Å². The number of hydrogen-bond donors (Lipinski definition) is 3. The van der Waals surface area contributed by atoms with Crippen LogP contribution < -0.4 is 10.2 Å². The van der Waals surface area contributed by atoms with Gasteiger partial charge in [-0.2, -0.15) is 8.78 Å². The molecule has 5 rings (SSSR count). The number of hydrogen-bond acceptors (Lipinski definition) is 9. The van der Waals surface area contributed by atoms with Crippen molar-refractivity contribution in [3.05, 3.63) is 36.3 Å². The standard InChI is InChI=1S/C28H38F2N6O4/c1-17(16-40-26(29)30)33-27-32-14-23-21(13-22(36(23)34-27)18-4-6-20(37)7-5-18)19-8-9-31-25(12-19)35-10-11-39-24(15-35)28(2,3)38/h8-9,12-14,17-18,20,24,26,37-38H,4-7,10-11,15-16H2,1-3H3,(H,33,34)/t17-,18?,20?,24-/m0/s1. The summed E-state index contributed by atoms with van der Waals surface area (Å²) in [6, 6.07) is 5.71. The number of anilines is 2. The van der Waals surface area contributed by atoms with Crippen LogP contribution in [0.1, 0.15) is 58.1 Å². The fourth-order valence-electron chi connectivity index (χ4n) is 5.50. The molecule has 1 saturated heterocycles. The Hall–Kier alpha value is -2.93. The highest BCUT2D eigenvalue weighted by atomic mass is 19.3. The summed E-state index contributed by atoms with van der Waals surface area (Å²) in [4.78, 5) is 11.2. The number of aromatic nitrogens is 4. The van der Waals surface area contributed by atoms with E-state index >= 15 is 0 Å². The van der Waals surface area contributed by atoms with Crippen molar-refractivity contribution in [1.29, 1.82) is 0 Å². The summed E-state index contributed by atoms with van der Waals surface area (Å²) < 4.78 is 37.1. The third kappa shape index (κ3) is 6.51. The van der Waals surface area contributed by atoms with Gasteiger partial charge in [0.15, 0.2) is 0 Å². The number of halogens is 2. The van der Waals surface area contributed by atoms with E-state index in [-0.39, 0.29) is 24.7 Å². The highest BCUT2D eigenvalue weighted by Crippen LogP contribution is 2.38. The number of aliphatic hydroxyl groups excluding tert-OH is 1. The monoisotopic (exact) mass is 560 g/mol. The molecule has 3 N–H and O–H groups in total. The summed E-state index contributed by atoms with van der Waals surface area (Å²) in [6.45, 7) is 3.90. The molecule has 0 aromatic carbocycles. The summed E-state index contributed by atoms with van der Waals surface area (Å²) in [5, 5.41) is 28.4. The van der Waals surface area contributed by atoms with Crippen LogP contribution in [0.2, 0.25) is 0 Å². The Morgan fingerprint density at radius 3 is 2.70 bits per heavy atom. The Labute approximate surface area is 232 Å². The largest absolute Gasteiger partial charge is 0.393 e. The lowest BCUT2D eigenvalue weighted by atomic mass is 9.85. The molecule has 0 bridgehead atoms. The van der Waals surface area contributed by atoms with E-state index in [0.29, 0.717) is 25.6 Å². The van der Waals surface area contributed by atoms with E-state index in [4.69, 9.17) is 9.84 Å². The van der Waals surface area contributed by atoms with Crippen molar-refractivity contribution in [2.24, 2.45) is 0 Å². The Bertz CT molecular complexity index is 1290. The first-order chi connectivity index (χ1) is 19.1. The first-order valence-corrected chi connectivity index (χ1v) is 13.9. The van der Waals surface area contributed by atoms with Crippen LogP contribution in [0.3, 0.4) is 0 Å². The minimum Gasteiger partial charge on any atom is -0.393 e. The van der Waals surface area contributed by atoms with Gasteiger partial charge in [0.25, 0.3) is 0 Å². The molecule has 1 aliphatic carbocycles. The fraction of sp³-hybridized carbons (Fsp3) is 0.607. The van der Waals surface area contributed by atoms with E-state index in [9.17, 15) is 19.0 Å². The van der Waals surface area contributed by atoms with Crippen LogP contribution in [0.4, 0.5) is 20.5 Å². The molecular weight excluding hydrogens is 522 g/mol. The summed E-state index contributed by atoms with van der Waals surface area (Å²) in [5.74, 6) is 1.32. The molecule has 2 atom stereocenters. The zero-order valence-electron chi connectivity index (χ0n) is 23.1. The van der Waals surface area contributed by atoms with Crippen molar-refractivity contribution in [2.75, 3.05) is 36.5 Å². The van der Waals surface area contributed by atoms with Gasteiger partial charge < -0.3 is 29.9 Å². The van der Waals surface area contributed by atoms with Gasteiger partial charge in [0.1, 0.15) is 11.9 Å². The van der Waals surface area contributed by atoms with E-state index in [1.807, 2.05) is 16.6 Å². The molecule has 1 aliphatic heterocycles. The van der Waals surface area contributed by atoms with Gasteiger partial charge in [0.2, 0.25) is 5.95 Å². The number of alkyl halides is 2. The quantitative estimate of drug-likeness (QED) is 0.359. The van der Waals surface area contributed by atoms with Crippen LogP contribution in [0.15, 0.2) is 30.6 Å². The first kappa shape index (κ1) is 28.6. The summed E-state index contributed by atoms with van der Waals surface area (Å²) in [7, 11) is 0. The Balaban J connectivity index is 1.48. The average molecular weight is 561 g/mol. The predicted molar refractivity (Wildman–Crippen MR) is 147 cm³/mol. The molecule has 218 valence electrons. The molecule has 10 nitrogen and oxygen atoms in total. The second kappa shape index (κ2) is 11.9. The third-order valence-corrected chi connectivity index (χ3v) is 7.74. The van der Waals surface area contributed by atoms with Crippen LogP contribution in [-0.2, 0) is 9.47 Å². The lowest BCUT2D eigenvalue weighted by molar-refractivity contribution is -0.130. The van der Waals surface area contributed by atoms with Gasteiger partial charge in [0.05, 0.1) is 36.6 Å². The molecule has 2 fully saturated rings. The number of nitrogens with zero attached hydrogens (tertiary/aromatic N) is 5. The maximum atomic E-state index is 12.5. The van der Waals surface area contributed by atoms with E-state index in [2.05, 4.69) is 31.0 Å². The Kier molecular flexibility index (Phi) is 8.50. The summed E-state index contributed by atoms with van der Waals surface area (Å²) >= 11 is 0. The van der Waals surface area contributed by atoms with Crippen LogP contribution in [0.5, 0.6) is 0 Å². The Morgan fingerprint density at radius 1 is 1.20 bits per heavy atom. The van der Waals surface area contributed by atoms with Crippen LogP contribution in [-0.4, -0.2) is 86.6 Å². The van der Waals surface area contributed by atoms with Gasteiger partial charge in [-0.15, -0.1) is 5.10 Å². The number of rotatable bonds is 9.